The fourth-order valence-electron chi connectivity index (χ4n) is 8.19. The number of hydrogen-bond acceptors (Lipinski definition) is 14. The number of rotatable bonds is 25. The second kappa shape index (κ2) is 26.3. The van der Waals surface area contributed by atoms with Gasteiger partial charge < -0.3 is 52.7 Å². The number of carbonyl (C=O) groups excluding carboxylic acids is 4. The molecule has 0 aromatic heterocycles. The molecule has 0 spiro atoms. The van der Waals surface area contributed by atoms with E-state index in [1.807, 2.05) is 88.7 Å². The van der Waals surface area contributed by atoms with Crippen molar-refractivity contribution in [1.82, 2.24) is 19.6 Å². The standard InChI is InChI=1S/C46H70N8O8S4/c1-27(2)39(49)43(57)51-21-31-13-9-7-11-29(31)19-37(51)41(55)53(35(45(59)60)15-17-63-5)23-33(47)25-65-66-26-34(48)24-54(36(46(61)62)16-18-64-6)42(56)38-20-30-12-8-10-14-32(30)22-52(38)44(58)40(50)28(3)4/h7-14,27-28,33-40H,15-26,47-50H2,1-6H3,(H,59,60)(H,61,62)/t33?,34?,35-,36-,37-,38+,39-,40-/m0/s1. The minimum absolute atomic E-state index is 0.0988. The van der Waals surface area contributed by atoms with Gasteiger partial charge in [0.25, 0.3) is 0 Å². The van der Waals surface area contributed by atoms with Crippen LogP contribution in [0, 0.1) is 11.8 Å². The summed E-state index contributed by atoms with van der Waals surface area (Å²) < 4.78 is 0. The topological polar surface area (TPSA) is 260 Å². The third-order valence-corrected chi connectivity index (χ3v) is 16.1. The Bertz CT molecular complexity index is 1840. The van der Waals surface area contributed by atoms with Crippen LogP contribution in [-0.4, -0.2) is 162 Å². The zero-order valence-electron chi connectivity index (χ0n) is 39.0. The van der Waals surface area contributed by atoms with Crippen molar-refractivity contribution in [2.45, 2.75) is 115 Å². The van der Waals surface area contributed by atoms with E-state index < -0.39 is 72.1 Å². The van der Waals surface area contributed by atoms with E-state index in [0.717, 1.165) is 22.3 Å². The highest BCUT2D eigenvalue weighted by molar-refractivity contribution is 8.76. The average molecular weight is 991 g/mol. The molecule has 2 unspecified atom stereocenters. The summed E-state index contributed by atoms with van der Waals surface area (Å²) in [5.41, 5.74) is 29.7. The third-order valence-electron chi connectivity index (χ3n) is 12.2. The number of fused-ring (bicyclic) bond motifs is 2. The lowest BCUT2D eigenvalue weighted by molar-refractivity contribution is -0.156. The van der Waals surface area contributed by atoms with Crippen LogP contribution in [0.5, 0.6) is 0 Å². The summed E-state index contributed by atoms with van der Waals surface area (Å²) in [5.74, 6) is -3.01. The average Bonchev–Trinajstić information content (AvgIpc) is 3.29. The molecule has 20 heteroatoms. The van der Waals surface area contributed by atoms with Gasteiger partial charge in [0.2, 0.25) is 23.6 Å². The van der Waals surface area contributed by atoms with Crippen LogP contribution in [0.4, 0.5) is 0 Å². The molecule has 0 saturated carbocycles. The molecule has 2 aromatic carbocycles. The number of aliphatic carboxylic acids is 2. The molecule has 2 aromatic rings. The molecule has 0 aliphatic carbocycles. The molecule has 8 atom stereocenters. The molecule has 4 amide bonds. The van der Waals surface area contributed by atoms with E-state index in [1.54, 1.807) is 0 Å². The van der Waals surface area contributed by atoms with Gasteiger partial charge in [0, 0.05) is 62.6 Å². The number of thioether (sulfide) groups is 2. The van der Waals surface area contributed by atoms with Crippen LogP contribution in [0.3, 0.4) is 0 Å². The molecule has 16 nitrogen and oxygen atoms in total. The Morgan fingerprint density at radius 3 is 1.24 bits per heavy atom. The molecule has 0 radical (unpaired) electrons. The quantitative estimate of drug-likeness (QED) is 0.0617. The lowest BCUT2D eigenvalue weighted by Gasteiger charge is -2.42. The first kappa shape index (κ1) is 55.1. The van der Waals surface area contributed by atoms with Crippen LogP contribution in [0.2, 0.25) is 0 Å². The van der Waals surface area contributed by atoms with Crippen molar-refractivity contribution in [2.75, 3.05) is 48.6 Å². The van der Waals surface area contributed by atoms with Crippen molar-refractivity contribution >= 4 is 80.7 Å². The smallest absolute Gasteiger partial charge is 0.326 e. The Morgan fingerprint density at radius 2 is 0.939 bits per heavy atom. The highest BCUT2D eigenvalue weighted by atomic mass is 33.1. The Balaban J connectivity index is 1.51. The number of hydrogen-bond donors (Lipinski definition) is 6. The van der Waals surface area contributed by atoms with Gasteiger partial charge in [0.15, 0.2) is 0 Å². The van der Waals surface area contributed by atoms with Crippen molar-refractivity contribution in [1.29, 1.82) is 0 Å². The summed E-state index contributed by atoms with van der Waals surface area (Å²) in [6.45, 7) is 7.46. The second-order valence-corrected chi connectivity index (χ2v) is 22.3. The molecule has 0 bridgehead atoms. The Kier molecular flexibility index (Phi) is 22.0. The van der Waals surface area contributed by atoms with Gasteiger partial charge >= 0.3 is 11.9 Å². The van der Waals surface area contributed by atoms with Crippen molar-refractivity contribution in [3.8, 4) is 0 Å². The Morgan fingerprint density at radius 1 is 0.606 bits per heavy atom. The number of nitrogens with two attached hydrogens (primary N) is 4. The van der Waals surface area contributed by atoms with Crippen LogP contribution in [0.1, 0.15) is 62.8 Å². The van der Waals surface area contributed by atoms with Gasteiger partial charge in [-0.1, -0.05) is 97.8 Å². The highest BCUT2D eigenvalue weighted by Gasteiger charge is 2.44. The SMILES string of the molecule is CSCC[C@@H](C(=O)O)N(CC(N)CSSCC(N)CN(C(=O)[C@@H]1Cc2ccccc2CN1C(=O)[C@@H](N)C(C)C)[C@@H](CCSC)C(=O)O)C(=O)[C@H]1Cc2ccccc2CN1C(=O)[C@@H](N)C(C)C. The molecule has 2 heterocycles. The van der Waals surface area contributed by atoms with Crippen molar-refractivity contribution < 1.29 is 39.0 Å². The van der Waals surface area contributed by atoms with Gasteiger partial charge in [0.05, 0.1) is 12.1 Å². The predicted molar refractivity (Wildman–Crippen MR) is 268 cm³/mol. The number of carboxylic acid groups (broad SMARTS) is 2. The van der Waals surface area contributed by atoms with Gasteiger partial charge in [-0.2, -0.15) is 23.5 Å². The summed E-state index contributed by atoms with van der Waals surface area (Å²) in [6.07, 6.45) is 4.45. The van der Waals surface area contributed by atoms with E-state index in [9.17, 15) is 39.0 Å². The Labute approximate surface area is 406 Å². The lowest BCUT2D eigenvalue weighted by Crippen LogP contribution is -2.61. The number of carboxylic acids is 2. The minimum atomic E-state index is -1.20. The second-order valence-electron chi connectivity index (χ2n) is 17.8. The molecular weight excluding hydrogens is 921 g/mol. The van der Waals surface area contributed by atoms with Crippen molar-refractivity contribution in [2.24, 2.45) is 34.8 Å². The molecule has 66 heavy (non-hydrogen) atoms. The van der Waals surface area contributed by atoms with Crippen LogP contribution >= 0.6 is 45.1 Å². The normalized spacial score (nSPS) is 18.7. The first-order valence-corrected chi connectivity index (χ1v) is 27.7. The molecule has 2 aliphatic heterocycles. The van der Waals surface area contributed by atoms with E-state index >= 15 is 0 Å². The number of nitrogens with zero attached hydrogens (tertiary/aromatic N) is 4. The summed E-state index contributed by atoms with van der Waals surface area (Å²) in [5, 5.41) is 21.0. The first-order valence-electron chi connectivity index (χ1n) is 22.4. The molecule has 2 aliphatic rings. The maximum Gasteiger partial charge on any atom is 0.326 e. The van der Waals surface area contributed by atoms with Gasteiger partial charge in [0.1, 0.15) is 24.2 Å². The van der Waals surface area contributed by atoms with Crippen LogP contribution in [0.15, 0.2) is 48.5 Å². The van der Waals surface area contributed by atoms with Crippen LogP contribution in [0.25, 0.3) is 0 Å². The number of carbonyl (C=O) groups is 6. The summed E-state index contributed by atoms with van der Waals surface area (Å²) in [4.78, 5) is 88.5. The molecular formula is C46H70N8O8S4. The van der Waals surface area contributed by atoms with Gasteiger partial charge in [-0.3, -0.25) is 19.2 Å². The summed E-state index contributed by atoms with van der Waals surface area (Å²) >= 11 is 2.92. The Hall–Kier alpha value is -3.50. The zero-order chi connectivity index (χ0) is 48.8. The fourth-order valence-corrected chi connectivity index (χ4v) is 11.5. The van der Waals surface area contributed by atoms with E-state index in [2.05, 4.69) is 0 Å². The summed E-state index contributed by atoms with van der Waals surface area (Å²) in [6, 6.07) is 7.65. The van der Waals surface area contributed by atoms with Gasteiger partial charge in [-0.25, -0.2) is 9.59 Å². The van der Waals surface area contributed by atoms with Crippen molar-refractivity contribution in [3.05, 3.63) is 70.8 Å². The maximum atomic E-state index is 14.7. The lowest BCUT2D eigenvalue weighted by atomic mass is 9.91. The van der Waals surface area contributed by atoms with Gasteiger partial charge in [-0.05, 0) is 70.9 Å². The predicted octanol–water partition coefficient (Wildman–Crippen LogP) is 2.97. The van der Waals surface area contributed by atoms with Crippen LogP contribution in [-0.2, 0) is 54.7 Å². The largest absolute Gasteiger partial charge is 0.480 e. The monoisotopic (exact) mass is 990 g/mol. The number of benzene rings is 2. The first-order chi connectivity index (χ1) is 31.3. The van der Waals surface area contributed by atoms with Crippen molar-refractivity contribution in [3.63, 3.8) is 0 Å². The van der Waals surface area contributed by atoms with E-state index in [-0.39, 0.29) is 87.0 Å². The molecule has 366 valence electrons. The highest BCUT2D eigenvalue weighted by Crippen LogP contribution is 2.30. The molecule has 0 fully saturated rings. The van der Waals surface area contributed by atoms with E-state index in [1.165, 1.54) is 64.7 Å². The molecule has 0 saturated heterocycles. The van der Waals surface area contributed by atoms with E-state index in [4.69, 9.17) is 22.9 Å². The molecule has 4 rings (SSSR count). The van der Waals surface area contributed by atoms with Gasteiger partial charge in [-0.15, -0.1) is 0 Å². The summed E-state index contributed by atoms with van der Waals surface area (Å²) in [7, 11) is 2.73. The minimum Gasteiger partial charge on any atom is -0.480 e. The molecule has 10 N–H and O–H groups in total. The fraction of sp³-hybridized carbons (Fsp3) is 0.609. The maximum absolute atomic E-state index is 14.7. The third kappa shape index (κ3) is 14.5. The zero-order valence-corrected chi connectivity index (χ0v) is 42.2. The van der Waals surface area contributed by atoms with Crippen LogP contribution < -0.4 is 22.9 Å². The van der Waals surface area contributed by atoms with E-state index in [0.29, 0.717) is 11.5 Å². The number of amides is 4.